The number of methoxy groups -OCH3 is 1. The van der Waals surface area contributed by atoms with Crippen LogP contribution in [0.5, 0.6) is 5.75 Å². The fourth-order valence-electron chi connectivity index (χ4n) is 2.61. The standard InChI is InChI=1S/C16H27FN2O/c1-4-6-7-13(5-2)15(19-18)11-12-8-9-16(20-3)14(17)10-12/h8-10,13,15,19H,4-7,11,18H2,1-3H3. The molecular formula is C16H27FN2O. The van der Waals surface area contributed by atoms with Crippen molar-refractivity contribution in [2.45, 2.75) is 52.0 Å². The number of rotatable bonds is 9. The van der Waals surface area contributed by atoms with Crippen molar-refractivity contribution in [1.29, 1.82) is 0 Å². The maximum Gasteiger partial charge on any atom is 0.165 e. The number of nitrogens with one attached hydrogen (secondary N) is 1. The highest BCUT2D eigenvalue weighted by Gasteiger charge is 2.19. The van der Waals surface area contributed by atoms with E-state index in [-0.39, 0.29) is 17.6 Å². The first-order valence-electron chi connectivity index (χ1n) is 7.44. The van der Waals surface area contributed by atoms with Gasteiger partial charge in [-0.2, -0.15) is 0 Å². The largest absolute Gasteiger partial charge is 0.494 e. The lowest BCUT2D eigenvalue weighted by Gasteiger charge is -2.26. The van der Waals surface area contributed by atoms with Crippen LogP contribution in [0, 0.1) is 11.7 Å². The van der Waals surface area contributed by atoms with Gasteiger partial charge in [0.2, 0.25) is 0 Å². The predicted octanol–water partition coefficient (Wildman–Crippen LogP) is 3.43. The zero-order valence-electron chi connectivity index (χ0n) is 12.8. The maximum atomic E-state index is 13.7. The van der Waals surface area contributed by atoms with Crippen LogP contribution in [0.4, 0.5) is 4.39 Å². The monoisotopic (exact) mass is 282 g/mol. The van der Waals surface area contributed by atoms with Crippen molar-refractivity contribution in [1.82, 2.24) is 5.43 Å². The summed E-state index contributed by atoms with van der Waals surface area (Å²) in [5, 5.41) is 0. The molecule has 1 rings (SSSR count). The number of nitrogens with two attached hydrogens (primary N) is 1. The molecule has 0 heterocycles. The minimum absolute atomic E-state index is 0.180. The first-order valence-corrected chi connectivity index (χ1v) is 7.44. The molecule has 3 nitrogen and oxygen atoms in total. The molecule has 0 spiro atoms. The van der Waals surface area contributed by atoms with E-state index in [1.807, 2.05) is 6.07 Å². The molecule has 0 amide bonds. The summed E-state index contributed by atoms with van der Waals surface area (Å²) in [4.78, 5) is 0. The molecule has 3 N–H and O–H groups in total. The highest BCUT2D eigenvalue weighted by molar-refractivity contribution is 5.29. The maximum absolute atomic E-state index is 13.7. The second-order valence-electron chi connectivity index (χ2n) is 5.26. The summed E-state index contributed by atoms with van der Waals surface area (Å²) in [6.45, 7) is 4.37. The van der Waals surface area contributed by atoms with E-state index in [0.29, 0.717) is 5.92 Å². The Hall–Kier alpha value is -1.13. The first kappa shape index (κ1) is 16.9. The van der Waals surface area contributed by atoms with Crippen LogP contribution >= 0.6 is 0 Å². The van der Waals surface area contributed by atoms with Gasteiger partial charge in [-0.3, -0.25) is 11.3 Å². The van der Waals surface area contributed by atoms with Crippen molar-refractivity contribution in [2.24, 2.45) is 11.8 Å². The van der Waals surface area contributed by atoms with Gasteiger partial charge in [0.25, 0.3) is 0 Å². The molecule has 20 heavy (non-hydrogen) atoms. The van der Waals surface area contributed by atoms with Crippen LogP contribution in [0.15, 0.2) is 18.2 Å². The highest BCUT2D eigenvalue weighted by atomic mass is 19.1. The molecule has 2 atom stereocenters. The van der Waals surface area contributed by atoms with Crippen LogP contribution < -0.4 is 16.0 Å². The quantitative estimate of drug-likeness (QED) is 0.539. The van der Waals surface area contributed by atoms with E-state index < -0.39 is 0 Å². The molecule has 4 heteroatoms. The number of benzene rings is 1. The summed E-state index contributed by atoms with van der Waals surface area (Å²) in [6.07, 6.45) is 5.35. The average Bonchev–Trinajstić information content (AvgIpc) is 2.46. The van der Waals surface area contributed by atoms with Gasteiger partial charge >= 0.3 is 0 Å². The Balaban J connectivity index is 2.73. The van der Waals surface area contributed by atoms with Crippen LogP contribution in [-0.4, -0.2) is 13.2 Å². The number of halogens is 1. The normalized spacial score (nSPS) is 14.1. The van der Waals surface area contributed by atoms with E-state index >= 15 is 0 Å². The second-order valence-corrected chi connectivity index (χ2v) is 5.26. The molecule has 0 aliphatic heterocycles. The molecule has 0 bridgehead atoms. The van der Waals surface area contributed by atoms with Gasteiger partial charge in [-0.15, -0.1) is 0 Å². The van der Waals surface area contributed by atoms with Gasteiger partial charge in [-0.1, -0.05) is 39.2 Å². The van der Waals surface area contributed by atoms with E-state index in [1.165, 1.54) is 26.0 Å². The fraction of sp³-hybridized carbons (Fsp3) is 0.625. The third-order valence-corrected chi connectivity index (χ3v) is 3.91. The van der Waals surface area contributed by atoms with Crippen LogP contribution in [0.2, 0.25) is 0 Å². The second kappa shape index (κ2) is 8.93. The number of unbranched alkanes of at least 4 members (excludes halogenated alkanes) is 1. The Kier molecular flexibility index (Phi) is 7.55. The van der Waals surface area contributed by atoms with Gasteiger partial charge < -0.3 is 4.74 Å². The van der Waals surface area contributed by atoms with Crippen LogP contribution in [0.3, 0.4) is 0 Å². The van der Waals surface area contributed by atoms with Gasteiger partial charge in [0.15, 0.2) is 11.6 Å². The molecular weight excluding hydrogens is 255 g/mol. The lowest BCUT2D eigenvalue weighted by Crippen LogP contribution is -2.42. The molecule has 0 aliphatic rings. The van der Waals surface area contributed by atoms with Crippen LogP contribution in [0.1, 0.15) is 45.1 Å². The average molecular weight is 282 g/mol. The number of ether oxygens (including phenoxy) is 1. The van der Waals surface area contributed by atoms with E-state index in [9.17, 15) is 4.39 Å². The molecule has 114 valence electrons. The van der Waals surface area contributed by atoms with Gasteiger partial charge in [-0.05, 0) is 36.5 Å². The number of hydrogen-bond donors (Lipinski definition) is 2. The molecule has 0 saturated heterocycles. The Bertz CT molecular complexity index is 398. The summed E-state index contributed by atoms with van der Waals surface area (Å²) < 4.78 is 18.7. The SMILES string of the molecule is CCCCC(CC)C(Cc1ccc(OC)c(F)c1)NN. The summed E-state index contributed by atoms with van der Waals surface area (Å²) in [7, 11) is 1.47. The highest BCUT2D eigenvalue weighted by Crippen LogP contribution is 2.22. The molecule has 2 unspecified atom stereocenters. The summed E-state index contributed by atoms with van der Waals surface area (Å²) in [5.41, 5.74) is 3.85. The van der Waals surface area contributed by atoms with Crippen molar-refractivity contribution in [3.63, 3.8) is 0 Å². The van der Waals surface area contributed by atoms with Crippen molar-refractivity contribution in [2.75, 3.05) is 7.11 Å². The zero-order chi connectivity index (χ0) is 15.0. The Morgan fingerprint density at radius 1 is 1.35 bits per heavy atom. The predicted molar refractivity (Wildman–Crippen MR) is 81.1 cm³/mol. The van der Waals surface area contributed by atoms with Crippen molar-refractivity contribution in [3.8, 4) is 5.75 Å². The van der Waals surface area contributed by atoms with Gasteiger partial charge in [0.05, 0.1) is 7.11 Å². The Morgan fingerprint density at radius 2 is 2.10 bits per heavy atom. The minimum atomic E-state index is -0.317. The third-order valence-electron chi connectivity index (χ3n) is 3.91. The van der Waals surface area contributed by atoms with E-state index in [4.69, 9.17) is 10.6 Å². The van der Waals surface area contributed by atoms with Crippen molar-refractivity contribution < 1.29 is 9.13 Å². The lowest BCUT2D eigenvalue weighted by atomic mass is 9.88. The van der Waals surface area contributed by atoms with Crippen molar-refractivity contribution >= 4 is 0 Å². The molecule has 0 saturated carbocycles. The number of hydrazine groups is 1. The Morgan fingerprint density at radius 3 is 2.60 bits per heavy atom. The first-order chi connectivity index (χ1) is 9.65. The van der Waals surface area contributed by atoms with Crippen LogP contribution in [0.25, 0.3) is 0 Å². The van der Waals surface area contributed by atoms with E-state index in [2.05, 4.69) is 19.3 Å². The smallest absolute Gasteiger partial charge is 0.165 e. The molecule has 0 fully saturated rings. The molecule has 0 aromatic heterocycles. The minimum Gasteiger partial charge on any atom is -0.494 e. The molecule has 1 aromatic carbocycles. The van der Waals surface area contributed by atoms with Crippen molar-refractivity contribution in [3.05, 3.63) is 29.6 Å². The topological polar surface area (TPSA) is 47.3 Å². The zero-order valence-corrected chi connectivity index (χ0v) is 12.8. The van der Waals surface area contributed by atoms with Gasteiger partial charge in [0, 0.05) is 6.04 Å². The number of hydrogen-bond acceptors (Lipinski definition) is 3. The fourth-order valence-corrected chi connectivity index (χ4v) is 2.61. The third kappa shape index (κ3) is 4.76. The molecule has 0 aliphatic carbocycles. The van der Waals surface area contributed by atoms with E-state index in [0.717, 1.165) is 24.8 Å². The molecule has 1 aromatic rings. The summed E-state index contributed by atoms with van der Waals surface area (Å²) in [6, 6.07) is 5.29. The van der Waals surface area contributed by atoms with Crippen LogP contribution in [-0.2, 0) is 6.42 Å². The van der Waals surface area contributed by atoms with Gasteiger partial charge in [-0.25, -0.2) is 4.39 Å². The molecule has 0 radical (unpaired) electrons. The lowest BCUT2D eigenvalue weighted by molar-refractivity contribution is 0.318. The Labute approximate surface area is 121 Å². The summed E-state index contributed by atoms with van der Waals surface area (Å²) >= 11 is 0. The summed E-state index contributed by atoms with van der Waals surface area (Å²) in [5.74, 6) is 6.18. The van der Waals surface area contributed by atoms with Gasteiger partial charge in [0.1, 0.15) is 0 Å². The van der Waals surface area contributed by atoms with E-state index in [1.54, 1.807) is 6.07 Å².